The van der Waals surface area contributed by atoms with Crippen LogP contribution in [0.5, 0.6) is 0 Å². The van der Waals surface area contributed by atoms with E-state index in [4.69, 9.17) is 0 Å². The Morgan fingerprint density at radius 2 is 1.68 bits per heavy atom. The molecule has 0 saturated heterocycles. The van der Waals surface area contributed by atoms with Gasteiger partial charge in [-0.15, -0.1) is 0 Å². The van der Waals surface area contributed by atoms with Crippen LogP contribution >= 0.6 is 0 Å². The lowest BCUT2D eigenvalue weighted by Gasteiger charge is -2.11. The number of anilines is 1. The number of rotatable bonds is 8. The molecule has 1 aromatic carbocycles. The quantitative estimate of drug-likeness (QED) is 0.723. The van der Waals surface area contributed by atoms with Gasteiger partial charge in [-0.05, 0) is 30.7 Å². The molecule has 0 fully saturated rings. The molecule has 19 heavy (non-hydrogen) atoms. The van der Waals surface area contributed by atoms with Gasteiger partial charge in [0, 0.05) is 31.9 Å². The van der Waals surface area contributed by atoms with E-state index >= 15 is 0 Å². The lowest BCUT2D eigenvalue weighted by Crippen LogP contribution is -2.21. The first-order chi connectivity index (χ1) is 9.15. The fraction of sp³-hybridized carbons (Fsp3) is 0.562. The Kier molecular flexibility index (Phi) is 7.01. The topological polar surface area (TPSA) is 32.3 Å². The van der Waals surface area contributed by atoms with Gasteiger partial charge in [0.2, 0.25) is 0 Å². The largest absolute Gasteiger partial charge is 0.385 e. The van der Waals surface area contributed by atoms with Gasteiger partial charge in [0.1, 0.15) is 0 Å². The SMILES string of the molecule is CCCCCCCNc1ccc(C(=O)N(C)C)cc1. The monoisotopic (exact) mass is 262 g/mol. The van der Waals surface area contributed by atoms with E-state index in [0.717, 1.165) is 17.8 Å². The van der Waals surface area contributed by atoms with Crippen molar-refractivity contribution in [2.75, 3.05) is 26.0 Å². The van der Waals surface area contributed by atoms with E-state index in [1.165, 1.54) is 32.1 Å². The van der Waals surface area contributed by atoms with Gasteiger partial charge < -0.3 is 10.2 Å². The van der Waals surface area contributed by atoms with Crippen molar-refractivity contribution in [3.63, 3.8) is 0 Å². The van der Waals surface area contributed by atoms with E-state index in [2.05, 4.69) is 12.2 Å². The van der Waals surface area contributed by atoms with Crippen molar-refractivity contribution in [1.29, 1.82) is 0 Å². The number of benzene rings is 1. The Hall–Kier alpha value is -1.51. The van der Waals surface area contributed by atoms with E-state index in [1.807, 2.05) is 24.3 Å². The molecule has 0 aliphatic heterocycles. The second-order valence-electron chi connectivity index (χ2n) is 5.12. The molecule has 1 N–H and O–H groups in total. The lowest BCUT2D eigenvalue weighted by atomic mass is 10.1. The zero-order chi connectivity index (χ0) is 14.1. The van der Waals surface area contributed by atoms with Gasteiger partial charge in [-0.3, -0.25) is 4.79 Å². The highest BCUT2D eigenvalue weighted by molar-refractivity contribution is 5.94. The standard InChI is InChI=1S/C16H26N2O/c1-4-5-6-7-8-13-17-15-11-9-14(10-12-15)16(19)18(2)3/h9-12,17H,4-8,13H2,1-3H3. The number of hydrogen-bond donors (Lipinski definition) is 1. The van der Waals surface area contributed by atoms with E-state index in [9.17, 15) is 4.79 Å². The third-order valence-electron chi connectivity index (χ3n) is 3.15. The highest BCUT2D eigenvalue weighted by Gasteiger charge is 2.06. The third-order valence-corrected chi connectivity index (χ3v) is 3.15. The van der Waals surface area contributed by atoms with Gasteiger partial charge in [0.15, 0.2) is 0 Å². The molecule has 0 aliphatic carbocycles. The molecule has 1 rings (SSSR count). The normalized spacial score (nSPS) is 10.3. The van der Waals surface area contributed by atoms with Crippen LogP contribution in [0.2, 0.25) is 0 Å². The summed E-state index contributed by atoms with van der Waals surface area (Å²) in [4.78, 5) is 13.3. The molecule has 0 aliphatic rings. The molecule has 0 spiro atoms. The first-order valence-electron chi connectivity index (χ1n) is 7.20. The van der Waals surface area contributed by atoms with Gasteiger partial charge in [0.25, 0.3) is 5.91 Å². The molecule has 1 aromatic rings. The summed E-state index contributed by atoms with van der Waals surface area (Å²) in [5.74, 6) is 0.0473. The number of nitrogens with zero attached hydrogens (tertiary/aromatic N) is 1. The minimum absolute atomic E-state index is 0.0473. The smallest absolute Gasteiger partial charge is 0.253 e. The summed E-state index contributed by atoms with van der Waals surface area (Å²) in [7, 11) is 3.54. The van der Waals surface area contributed by atoms with Gasteiger partial charge >= 0.3 is 0 Å². The number of unbranched alkanes of at least 4 members (excludes halogenated alkanes) is 4. The maximum atomic E-state index is 11.7. The van der Waals surface area contributed by atoms with Crippen LogP contribution in [0.1, 0.15) is 49.4 Å². The molecular weight excluding hydrogens is 236 g/mol. The summed E-state index contributed by atoms with van der Waals surface area (Å²) in [6, 6.07) is 7.70. The van der Waals surface area contributed by atoms with Crippen molar-refractivity contribution in [1.82, 2.24) is 4.90 Å². The predicted octanol–water partition coefficient (Wildman–Crippen LogP) is 3.77. The number of nitrogens with one attached hydrogen (secondary N) is 1. The van der Waals surface area contributed by atoms with Gasteiger partial charge in [0.05, 0.1) is 0 Å². The maximum Gasteiger partial charge on any atom is 0.253 e. The molecule has 0 aromatic heterocycles. The van der Waals surface area contributed by atoms with Crippen LogP contribution in [0.15, 0.2) is 24.3 Å². The lowest BCUT2D eigenvalue weighted by molar-refractivity contribution is 0.0827. The second-order valence-corrected chi connectivity index (χ2v) is 5.12. The molecule has 0 heterocycles. The number of hydrogen-bond acceptors (Lipinski definition) is 2. The molecule has 0 bridgehead atoms. The van der Waals surface area contributed by atoms with Crippen LogP contribution in [-0.2, 0) is 0 Å². The number of carbonyl (C=O) groups is 1. The Morgan fingerprint density at radius 3 is 2.26 bits per heavy atom. The van der Waals surface area contributed by atoms with Crippen molar-refractivity contribution in [3.05, 3.63) is 29.8 Å². The third kappa shape index (κ3) is 5.77. The summed E-state index contributed by atoms with van der Waals surface area (Å²) in [5.41, 5.74) is 1.82. The van der Waals surface area contributed by atoms with Gasteiger partial charge in [-0.25, -0.2) is 0 Å². The molecule has 1 amide bonds. The Bertz CT molecular complexity index is 371. The molecular formula is C16H26N2O. The zero-order valence-electron chi connectivity index (χ0n) is 12.4. The summed E-state index contributed by atoms with van der Waals surface area (Å²) in [6.07, 6.45) is 6.45. The summed E-state index contributed by atoms with van der Waals surface area (Å²) in [5, 5.41) is 3.39. The molecule has 106 valence electrons. The summed E-state index contributed by atoms with van der Waals surface area (Å²) < 4.78 is 0. The fourth-order valence-corrected chi connectivity index (χ4v) is 1.95. The Labute approximate surface area is 117 Å². The van der Waals surface area contributed by atoms with Crippen molar-refractivity contribution in [3.8, 4) is 0 Å². The summed E-state index contributed by atoms with van der Waals surface area (Å²) in [6.45, 7) is 3.24. The average molecular weight is 262 g/mol. The number of carbonyl (C=O) groups excluding carboxylic acids is 1. The predicted molar refractivity (Wildman–Crippen MR) is 81.7 cm³/mol. The zero-order valence-corrected chi connectivity index (χ0v) is 12.4. The van der Waals surface area contributed by atoms with E-state index in [-0.39, 0.29) is 5.91 Å². The van der Waals surface area contributed by atoms with Crippen molar-refractivity contribution < 1.29 is 4.79 Å². The molecule has 0 saturated carbocycles. The minimum atomic E-state index is 0.0473. The molecule has 0 radical (unpaired) electrons. The van der Waals surface area contributed by atoms with E-state index in [0.29, 0.717) is 0 Å². The molecule has 0 unspecified atom stereocenters. The van der Waals surface area contributed by atoms with Crippen molar-refractivity contribution >= 4 is 11.6 Å². The Morgan fingerprint density at radius 1 is 1.05 bits per heavy atom. The highest BCUT2D eigenvalue weighted by atomic mass is 16.2. The molecule has 3 nitrogen and oxygen atoms in total. The minimum Gasteiger partial charge on any atom is -0.385 e. The second kappa shape index (κ2) is 8.57. The maximum absolute atomic E-state index is 11.7. The van der Waals surface area contributed by atoms with Crippen molar-refractivity contribution in [2.45, 2.75) is 39.0 Å². The van der Waals surface area contributed by atoms with Crippen LogP contribution in [0.25, 0.3) is 0 Å². The molecule has 3 heteroatoms. The summed E-state index contributed by atoms with van der Waals surface area (Å²) >= 11 is 0. The fourth-order valence-electron chi connectivity index (χ4n) is 1.95. The van der Waals surface area contributed by atoms with E-state index in [1.54, 1.807) is 19.0 Å². The van der Waals surface area contributed by atoms with Crippen molar-refractivity contribution in [2.24, 2.45) is 0 Å². The van der Waals surface area contributed by atoms with E-state index < -0.39 is 0 Å². The Balaban J connectivity index is 2.30. The van der Waals surface area contributed by atoms with Gasteiger partial charge in [-0.2, -0.15) is 0 Å². The number of amides is 1. The van der Waals surface area contributed by atoms with Crippen LogP contribution in [0, 0.1) is 0 Å². The van der Waals surface area contributed by atoms with Crippen LogP contribution in [0.4, 0.5) is 5.69 Å². The first-order valence-corrected chi connectivity index (χ1v) is 7.20. The van der Waals surface area contributed by atoms with Crippen LogP contribution in [-0.4, -0.2) is 31.4 Å². The first kappa shape index (κ1) is 15.5. The highest BCUT2D eigenvalue weighted by Crippen LogP contribution is 2.11. The van der Waals surface area contributed by atoms with Crippen LogP contribution < -0.4 is 5.32 Å². The molecule has 0 atom stereocenters. The average Bonchev–Trinajstić information content (AvgIpc) is 2.42. The van der Waals surface area contributed by atoms with Gasteiger partial charge in [-0.1, -0.05) is 32.6 Å². The van der Waals surface area contributed by atoms with Crippen LogP contribution in [0.3, 0.4) is 0 Å².